The summed E-state index contributed by atoms with van der Waals surface area (Å²) in [6, 6.07) is 11.5. The Balaban J connectivity index is 1.83. The van der Waals surface area contributed by atoms with E-state index in [1.807, 2.05) is 30.3 Å². The van der Waals surface area contributed by atoms with Gasteiger partial charge in [0.25, 0.3) is 5.56 Å². The Bertz CT molecular complexity index is 1350. The first-order valence-electron chi connectivity index (χ1n) is 9.16. The van der Waals surface area contributed by atoms with Gasteiger partial charge in [0.2, 0.25) is 5.78 Å². The minimum absolute atomic E-state index is 0.299. The van der Waals surface area contributed by atoms with E-state index in [0.29, 0.717) is 12.2 Å². The highest BCUT2D eigenvalue weighted by molar-refractivity contribution is 6.13. The number of allylic oxidation sites excluding steroid dienone is 3. The van der Waals surface area contributed by atoms with E-state index in [4.69, 9.17) is 5.73 Å². The van der Waals surface area contributed by atoms with Crippen molar-refractivity contribution >= 4 is 17.7 Å². The average molecular weight is 417 g/mol. The minimum atomic E-state index is -0.867. The number of ketones is 1. The summed E-state index contributed by atoms with van der Waals surface area (Å²) in [6.45, 7) is 0.550. The van der Waals surface area contributed by atoms with Gasteiger partial charge in [-0.05, 0) is 17.7 Å². The number of hydrogen-bond acceptors (Lipinski definition) is 7. The van der Waals surface area contributed by atoms with Gasteiger partial charge in [-0.25, -0.2) is 9.48 Å². The molecule has 0 bridgehead atoms. The van der Waals surface area contributed by atoms with Gasteiger partial charge in [-0.1, -0.05) is 41.6 Å². The van der Waals surface area contributed by atoms with E-state index in [-0.39, 0.29) is 11.4 Å². The Labute approximate surface area is 176 Å². The van der Waals surface area contributed by atoms with Gasteiger partial charge in [-0.2, -0.15) is 5.26 Å². The van der Waals surface area contributed by atoms with Gasteiger partial charge in [-0.3, -0.25) is 18.7 Å². The third kappa shape index (κ3) is 4.40. The maximum absolute atomic E-state index is 12.7. The summed E-state index contributed by atoms with van der Waals surface area (Å²) in [7, 11) is 2.57. The summed E-state index contributed by atoms with van der Waals surface area (Å²) < 4.78 is 3.40. The first kappa shape index (κ1) is 21.2. The maximum Gasteiger partial charge on any atom is 0.332 e. The van der Waals surface area contributed by atoms with Gasteiger partial charge in [0.15, 0.2) is 0 Å². The molecule has 1 aromatic carbocycles. The molecule has 0 fully saturated rings. The molecular formula is C21H19N7O3. The molecule has 10 heteroatoms. The number of carbonyl (C=O) groups excluding carboxylic acids is 1. The number of nitrogens with zero attached hydrogens (tertiary/aromatic N) is 6. The zero-order valence-corrected chi connectivity index (χ0v) is 16.9. The van der Waals surface area contributed by atoms with Crippen molar-refractivity contribution in [1.82, 2.24) is 24.1 Å². The van der Waals surface area contributed by atoms with Crippen LogP contribution in [0, 0.1) is 11.3 Å². The van der Waals surface area contributed by atoms with E-state index in [2.05, 4.69) is 10.3 Å². The molecule has 0 aliphatic rings. The molecule has 0 radical (unpaired) electrons. The predicted octanol–water partition coefficient (Wildman–Crippen LogP) is 0.652. The number of rotatable bonds is 6. The Morgan fingerprint density at radius 1 is 1.19 bits per heavy atom. The summed E-state index contributed by atoms with van der Waals surface area (Å²) in [5, 5.41) is 17.4. The topological polar surface area (TPSA) is 142 Å². The third-order valence-corrected chi connectivity index (χ3v) is 4.58. The molecule has 0 spiro atoms. The average Bonchev–Trinajstić information content (AvgIpc) is 3.21. The fourth-order valence-electron chi connectivity index (χ4n) is 2.85. The predicted molar refractivity (Wildman–Crippen MR) is 114 cm³/mol. The molecular weight excluding hydrogens is 398 g/mol. The second-order valence-corrected chi connectivity index (χ2v) is 6.67. The van der Waals surface area contributed by atoms with E-state index >= 15 is 0 Å². The van der Waals surface area contributed by atoms with Crippen LogP contribution < -0.4 is 17.0 Å². The van der Waals surface area contributed by atoms with E-state index < -0.39 is 22.6 Å². The Kier molecular flexibility index (Phi) is 6.07. The molecule has 0 saturated heterocycles. The zero-order valence-electron chi connectivity index (χ0n) is 16.9. The molecule has 0 amide bonds. The van der Waals surface area contributed by atoms with Crippen molar-refractivity contribution in [3.8, 4) is 6.07 Å². The zero-order chi connectivity index (χ0) is 22.5. The number of nitrogen functional groups attached to an aromatic ring is 1. The van der Waals surface area contributed by atoms with Crippen LogP contribution in [0.2, 0.25) is 0 Å². The smallest absolute Gasteiger partial charge is 0.332 e. The molecule has 0 aliphatic heterocycles. The van der Waals surface area contributed by atoms with Gasteiger partial charge in [0.1, 0.15) is 28.7 Å². The second-order valence-electron chi connectivity index (χ2n) is 6.67. The van der Waals surface area contributed by atoms with Crippen molar-refractivity contribution < 1.29 is 4.79 Å². The largest absolute Gasteiger partial charge is 0.384 e. The molecule has 31 heavy (non-hydrogen) atoms. The van der Waals surface area contributed by atoms with E-state index in [9.17, 15) is 19.6 Å². The molecule has 0 atom stereocenters. The van der Waals surface area contributed by atoms with Crippen LogP contribution in [0.5, 0.6) is 0 Å². The van der Waals surface area contributed by atoms with E-state index in [1.54, 1.807) is 23.0 Å². The second kappa shape index (κ2) is 8.87. The molecule has 156 valence electrons. The van der Waals surface area contributed by atoms with Crippen LogP contribution in [0.1, 0.15) is 21.6 Å². The molecule has 3 aromatic rings. The lowest BCUT2D eigenvalue weighted by molar-refractivity contribution is 0.103. The standard InChI is InChI=1S/C21H19N7O3/c1-26-19(23)17(20(30)27(2)21(26)31)18(29)15(11-22)9-6-10-16-13-28(25-24-16)12-14-7-4-3-5-8-14/h3-10,13H,12,23H2,1-2H3/b10-6+,15-9+. The van der Waals surface area contributed by atoms with Crippen molar-refractivity contribution in [3.05, 3.63) is 91.9 Å². The highest BCUT2D eigenvalue weighted by Crippen LogP contribution is 2.11. The Morgan fingerprint density at radius 3 is 2.58 bits per heavy atom. The van der Waals surface area contributed by atoms with Crippen LogP contribution in [0.3, 0.4) is 0 Å². The van der Waals surface area contributed by atoms with Crippen LogP contribution in [-0.2, 0) is 20.6 Å². The van der Waals surface area contributed by atoms with E-state index in [0.717, 1.165) is 14.7 Å². The number of anilines is 1. The fraction of sp³-hybridized carbons (Fsp3) is 0.143. The highest BCUT2D eigenvalue weighted by atomic mass is 16.2. The van der Waals surface area contributed by atoms with Crippen LogP contribution in [0.25, 0.3) is 6.08 Å². The molecule has 2 heterocycles. The van der Waals surface area contributed by atoms with Crippen LogP contribution >= 0.6 is 0 Å². The monoisotopic (exact) mass is 417 g/mol. The lowest BCUT2D eigenvalue weighted by Crippen LogP contribution is -2.41. The van der Waals surface area contributed by atoms with Crippen molar-refractivity contribution in [2.45, 2.75) is 6.54 Å². The minimum Gasteiger partial charge on any atom is -0.384 e. The molecule has 0 aliphatic carbocycles. The van der Waals surface area contributed by atoms with Gasteiger partial charge < -0.3 is 5.73 Å². The SMILES string of the molecule is Cn1c(N)c(C(=O)/C(C#N)=C/C=C/c2cn(Cc3ccccc3)nn2)c(=O)n(C)c1=O. The summed E-state index contributed by atoms with van der Waals surface area (Å²) in [5.41, 5.74) is 5.11. The summed E-state index contributed by atoms with van der Waals surface area (Å²) in [4.78, 5) is 37.0. The van der Waals surface area contributed by atoms with Crippen molar-refractivity contribution in [2.75, 3.05) is 5.73 Å². The normalized spacial score (nSPS) is 11.6. The molecule has 2 N–H and O–H groups in total. The fourth-order valence-corrected chi connectivity index (χ4v) is 2.85. The Morgan fingerprint density at radius 2 is 1.90 bits per heavy atom. The van der Waals surface area contributed by atoms with Gasteiger partial charge in [0, 0.05) is 14.1 Å². The van der Waals surface area contributed by atoms with Crippen molar-refractivity contribution in [2.24, 2.45) is 14.1 Å². The molecule has 10 nitrogen and oxygen atoms in total. The van der Waals surface area contributed by atoms with Gasteiger partial charge >= 0.3 is 5.69 Å². The summed E-state index contributed by atoms with van der Waals surface area (Å²) in [6.07, 6.45) is 5.99. The molecule has 0 saturated carbocycles. The Hall–Kier alpha value is -4.52. The van der Waals surface area contributed by atoms with Crippen LogP contribution in [-0.4, -0.2) is 29.9 Å². The van der Waals surface area contributed by atoms with Gasteiger partial charge in [0.05, 0.1) is 12.7 Å². The van der Waals surface area contributed by atoms with Crippen LogP contribution in [0.15, 0.2) is 63.8 Å². The highest BCUT2D eigenvalue weighted by Gasteiger charge is 2.22. The molecule has 0 unspecified atom stereocenters. The number of nitriles is 1. The summed E-state index contributed by atoms with van der Waals surface area (Å²) in [5.74, 6) is -1.17. The summed E-state index contributed by atoms with van der Waals surface area (Å²) >= 11 is 0. The van der Waals surface area contributed by atoms with Gasteiger partial charge in [-0.15, -0.1) is 5.10 Å². The van der Waals surface area contributed by atoms with Crippen molar-refractivity contribution in [3.63, 3.8) is 0 Å². The third-order valence-electron chi connectivity index (χ3n) is 4.58. The maximum atomic E-state index is 12.7. The first-order chi connectivity index (χ1) is 14.8. The number of Topliss-reactive ketones (excluding diaryl/α,β-unsaturated/α-hetero) is 1. The lowest BCUT2D eigenvalue weighted by Gasteiger charge is -2.10. The first-order valence-corrected chi connectivity index (χ1v) is 9.16. The quantitative estimate of drug-likeness (QED) is 0.269. The molecule has 2 aromatic heterocycles. The van der Waals surface area contributed by atoms with E-state index in [1.165, 1.54) is 26.2 Å². The number of nitrogens with two attached hydrogens (primary N) is 1. The molecule has 3 rings (SSSR count). The van der Waals surface area contributed by atoms with Crippen molar-refractivity contribution in [1.29, 1.82) is 5.26 Å². The lowest BCUT2D eigenvalue weighted by atomic mass is 10.1. The number of carbonyl (C=O) groups is 1. The number of aromatic nitrogens is 5. The number of hydrogen-bond donors (Lipinski definition) is 1. The number of benzene rings is 1. The van der Waals surface area contributed by atoms with Crippen LogP contribution in [0.4, 0.5) is 5.82 Å².